The number of ketones is 1. The fourth-order valence-electron chi connectivity index (χ4n) is 5.96. The van der Waals surface area contributed by atoms with Gasteiger partial charge in [-0.05, 0) is 72.3 Å². The summed E-state index contributed by atoms with van der Waals surface area (Å²) in [6, 6.07) is 23.7. The molecule has 10 heteroatoms. The number of hydrogen-bond acceptors (Lipinski definition) is 5. The van der Waals surface area contributed by atoms with Crippen LogP contribution in [0.2, 0.25) is 0 Å². The van der Waals surface area contributed by atoms with Crippen LogP contribution in [-0.4, -0.2) is 39.6 Å². The van der Waals surface area contributed by atoms with Crippen LogP contribution in [0.3, 0.4) is 0 Å². The van der Waals surface area contributed by atoms with Crippen LogP contribution in [-0.2, 0) is 11.0 Å². The van der Waals surface area contributed by atoms with Crippen molar-refractivity contribution in [3.05, 3.63) is 101 Å². The average Bonchev–Trinajstić information content (AvgIpc) is 3.58. The van der Waals surface area contributed by atoms with Gasteiger partial charge in [0.2, 0.25) is 0 Å². The molecule has 4 aromatic carbocycles. The van der Waals surface area contributed by atoms with Gasteiger partial charge >= 0.3 is 7.82 Å². The predicted octanol–water partition coefficient (Wildman–Crippen LogP) is 6.80. The summed E-state index contributed by atoms with van der Waals surface area (Å²) in [5.41, 5.74) is 5.13. The summed E-state index contributed by atoms with van der Waals surface area (Å²) in [5.74, 6) is -0.181. The molecular weight excluding hydrogens is 565 g/mol. The Kier molecular flexibility index (Phi) is 7.56. The molecule has 5 aromatic rings. The lowest BCUT2D eigenvalue weighted by atomic mass is 9.93. The topological polar surface area (TPSA) is 132 Å². The van der Waals surface area contributed by atoms with Crippen molar-refractivity contribution in [2.75, 3.05) is 23.3 Å². The smallest absolute Gasteiger partial charge is 0.404 e. The van der Waals surface area contributed by atoms with Crippen LogP contribution >= 0.6 is 7.82 Å². The highest BCUT2D eigenvalue weighted by Crippen LogP contribution is 2.49. The van der Waals surface area contributed by atoms with Crippen molar-refractivity contribution >= 4 is 52.6 Å². The fourth-order valence-corrected chi connectivity index (χ4v) is 6.37. The summed E-state index contributed by atoms with van der Waals surface area (Å²) in [5, 5.41) is 5.41. The van der Waals surface area contributed by atoms with Crippen LogP contribution in [0.5, 0.6) is 5.75 Å². The summed E-state index contributed by atoms with van der Waals surface area (Å²) < 4.78 is 16.9. The second-order valence-electron chi connectivity index (χ2n) is 10.8. The zero-order valence-corrected chi connectivity index (χ0v) is 24.7. The number of benzene rings is 4. The van der Waals surface area contributed by atoms with E-state index in [1.54, 1.807) is 29.2 Å². The number of aromatic nitrogens is 1. The molecule has 0 fully saturated rings. The van der Waals surface area contributed by atoms with Gasteiger partial charge < -0.3 is 19.7 Å². The molecule has 6 rings (SSSR count). The van der Waals surface area contributed by atoms with Gasteiger partial charge in [0.05, 0.1) is 5.69 Å². The van der Waals surface area contributed by atoms with Gasteiger partial charge in [0.25, 0.3) is 5.91 Å². The molecule has 43 heavy (non-hydrogen) atoms. The molecule has 9 nitrogen and oxygen atoms in total. The van der Waals surface area contributed by atoms with E-state index >= 15 is 0 Å². The standard InChI is InChI=1S/C33H32N3O6P/c1-3-21-19-36(29-18-31(42-43(39,40)41)25-7-5-6-8-26(25)32(21)29)33(38)28-17-23-15-20(9-14-27(23)35-28)16-30(37)22-10-12-24(13-11-22)34-4-2/h5-15,17-18,21,34-35H,3-4,16,19H2,1-2H3,(H2,39,40,41)/t21-/m1/s1. The number of fused-ring (bicyclic) bond motifs is 4. The first-order valence-electron chi connectivity index (χ1n) is 14.3. The molecule has 4 N–H and O–H groups in total. The van der Waals surface area contributed by atoms with E-state index in [9.17, 15) is 23.9 Å². The number of anilines is 2. The predicted molar refractivity (Wildman–Crippen MR) is 168 cm³/mol. The number of hydrogen-bond donors (Lipinski definition) is 4. The Balaban J connectivity index is 1.30. The first kappa shape index (κ1) is 28.7. The number of nitrogens with zero attached hydrogens (tertiary/aromatic N) is 1. The second-order valence-corrected chi connectivity index (χ2v) is 11.9. The quantitative estimate of drug-likeness (QED) is 0.108. The molecule has 1 aromatic heterocycles. The van der Waals surface area contributed by atoms with Crippen molar-refractivity contribution in [2.24, 2.45) is 0 Å². The maximum absolute atomic E-state index is 13.9. The Hall–Kier alpha value is -4.43. The number of nitrogens with one attached hydrogen (secondary N) is 2. The number of phosphoric ester groups is 1. The van der Waals surface area contributed by atoms with Crippen molar-refractivity contribution in [1.82, 2.24) is 4.98 Å². The Bertz CT molecular complexity index is 1910. The number of carbonyl (C=O) groups is 2. The first-order valence-corrected chi connectivity index (χ1v) is 15.8. The van der Waals surface area contributed by atoms with Crippen LogP contribution in [0.1, 0.15) is 58.2 Å². The molecule has 1 atom stereocenters. The van der Waals surface area contributed by atoms with E-state index in [1.165, 1.54) is 0 Å². The van der Waals surface area contributed by atoms with Gasteiger partial charge in [-0.2, -0.15) is 0 Å². The van der Waals surface area contributed by atoms with E-state index < -0.39 is 7.82 Å². The van der Waals surface area contributed by atoms with Gasteiger partial charge in [-0.25, -0.2) is 4.57 Å². The number of rotatable bonds is 9. The second kappa shape index (κ2) is 11.3. The van der Waals surface area contributed by atoms with Crippen LogP contribution in [0, 0.1) is 0 Å². The number of Topliss-reactive ketones (excluding diaryl/α,β-unsaturated/α-hetero) is 1. The maximum Gasteiger partial charge on any atom is 0.524 e. The van der Waals surface area contributed by atoms with Crippen molar-refractivity contribution in [2.45, 2.75) is 32.6 Å². The zero-order chi connectivity index (χ0) is 30.3. The lowest BCUT2D eigenvalue weighted by Crippen LogP contribution is -2.30. The van der Waals surface area contributed by atoms with Crippen LogP contribution < -0.4 is 14.7 Å². The van der Waals surface area contributed by atoms with E-state index in [4.69, 9.17) is 4.52 Å². The SMILES string of the molecule is CCNc1ccc(C(=O)Cc2ccc3[nH]c(C(=O)N4C[C@@H](CC)c5c4cc(OP(=O)(O)O)c4ccccc54)cc3c2)cc1. The third kappa shape index (κ3) is 5.67. The lowest BCUT2D eigenvalue weighted by Gasteiger charge is -2.19. The highest BCUT2D eigenvalue weighted by Gasteiger charge is 2.36. The molecule has 220 valence electrons. The highest BCUT2D eigenvalue weighted by atomic mass is 31.2. The largest absolute Gasteiger partial charge is 0.524 e. The number of carbonyl (C=O) groups excluding carboxylic acids is 2. The molecule has 0 aliphatic carbocycles. The Labute approximate surface area is 248 Å². The minimum absolute atomic E-state index is 0.00840. The number of H-pyrrole nitrogens is 1. The van der Waals surface area contributed by atoms with Gasteiger partial charge in [-0.3, -0.25) is 19.4 Å². The third-order valence-corrected chi connectivity index (χ3v) is 8.39. The van der Waals surface area contributed by atoms with Gasteiger partial charge in [0.1, 0.15) is 11.4 Å². The molecular formula is C33H32N3O6P. The Morgan fingerprint density at radius 2 is 1.74 bits per heavy atom. The molecule has 2 heterocycles. The maximum atomic E-state index is 13.9. The van der Waals surface area contributed by atoms with Crippen LogP contribution in [0.4, 0.5) is 11.4 Å². The summed E-state index contributed by atoms with van der Waals surface area (Å²) >= 11 is 0. The van der Waals surface area contributed by atoms with E-state index in [0.29, 0.717) is 28.9 Å². The van der Waals surface area contributed by atoms with Crippen LogP contribution in [0.15, 0.2) is 78.9 Å². The molecule has 0 radical (unpaired) electrons. The Morgan fingerprint density at radius 1 is 1.00 bits per heavy atom. The van der Waals surface area contributed by atoms with Crippen molar-refractivity contribution in [3.63, 3.8) is 0 Å². The molecule has 1 aliphatic heterocycles. The van der Waals surface area contributed by atoms with Gasteiger partial charge in [-0.15, -0.1) is 0 Å². The molecule has 1 aliphatic rings. The number of aromatic amines is 1. The minimum atomic E-state index is -4.84. The monoisotopic (exact) mass is 597 g/mol. The van der Waals surface area contributed by atoms with Gasteiger partial charge in [-0.1, -0.05) is 37.3 Å². The molecule has 1 amide bonds. The summed E-state index contributed by atoms with van der Waals surface area (Å²) in [6.45, 7) is 5.31. The zero-order valence-electron chi connectivity index (χ0n) is 23.8. The summed E-state index contributed by atoms with van der Waals surface area (Å²) in [6.07, 6.45) is 1.01. The van der Waals surface area contributed by atoms with Gasteiger partial charge in [0, 0.05) is 59.0 Å². The highest BCUT2D eigenvalue weighted by molar-refractivity contribution is 7.46. The third-order valence-electron chi connectivity index (χ3n) is 7.95. The van der Waals surface area contributed by atoms with E-state index in [0.717, 1.165) is 46.1 Å². The minimum Gasteiger partial charge on any atom is -0.404 e. The molecule has 0 saturated heterocycles. The lowest BCUT2D eigenvalue weighted by molar-refractivity contribution is 0.0979. The number of amides is 1. The fraction of sp³-hybridized carbons (Fsp3) is 0.212. The molecule has 0 bridgehead atoms. The summed E-state index contributed by atoms with van der Waals surface area (Å²) in [4.78, 5) is 50.9. The molecule has 0 saturated carbocycles. The summed E-state index contributed by atoms with van der Waals surface area (Å²) in [7, 11) is -4.84. The van der Waals surface area contributed by atoms with E-state index in [-0.39, 0.29) is 29.8 Å². The van der Waals surface area contributed by atoms with Crippen molar-refractivity contribution < 1.29 is 28.5 Å². The Morgan fingerprint density at radius 3 is 2.44 bits per heavy atom. The molecule has 0 unspecified atom stereocenters. The normalized spacial score (nSPS) is 14.7. The van der Waals surface area contributed by atoms with E-state index in [1.807, 2.05) is 61.5 Å². The van der Waals surface area contributed by atoms with Crippen molar-refractivity contribution in [1.29, 1.82) is 0 Å². The average molecular weight is 598 g/mol. The molecule has 0 spiro atoms. The number of phosphoric acid groups is 1. The van der Waals surface area contributed by atoms with Crippen molar-refractivity contribution in [3.8, 4) is 5.75 Å². The van der Waals surface area contributed by atoms with E-state index in [2.05, 4.69) is 17.2 Å². The van der Waals surface area contributed by atoms with Gasteiger partial charge in [0.15, 0.2) is 5.78 Å². The van der Waals surface area contributed by atoms with Crippen LogP contribution in [0.25, 0.3) is 21.7 Å². The first-order chi connectivity index (χ1) is 20.6.